The fourth-order valence-electron chi connectivity index (χ4n) is 8.81. The Morgan fingerprint density at radius 3 is 2.30 bits per heavy atom. The summed E-state index contributed by atoms with van der Waals surface area (Å²) in [7, 11) is -2.30. The van der Waals surface area contributed by atoms with Gasteiger partial charge in [0.2, 0.25) is 21.8 Å². The van der Waals surface area contributed by atoms with E-state index in [-0.39, 0.29) is 36.8 Å². The molecule has 0 aromatic heterocycles. The lowest BCUT2D eigenvalue weighted by atomic mass is 9.85. The predicted molar refractivity (Wildman–Crippen MR) is 212 cm³/mol. The third-order valence-electron chi connectivity index (χ3n) is 12.7. The van der Waals surface area contributed by atoms with E-state index in [1.54, 1.807) is 7.11 Å². The lowest BCUT2D eigenvalue weighted by molar-refractivity contribution is -0.143. The fourth-order valence-corrected chi connectivity index (χ4v) is 10.2. The van der Waals surface area contributed by atoms with E-state index in [0.29, 0.717) is 19.3 Å². The Morgan fingerprint density at radius 1 is 0.964 bits per heavy atom. The summed E-state index contributed by atoms with van der Waals surface area (Å²) in [5, 5.41) is 5.23. The van der Waals surface area contributed by atoms with Crippen LogP contribution in [0.1, 0.15) is 104 Å². The standard InChI is InChI=1S/C43H58N4O8S/c1-40(2,3)35-37(49)47-25-42(54-6,24-34(47)36(48)45-43(23-33(43)29-14-15-29)38(50)46-56(52,53)31-20-21-31)30-18-16-28(17-19-30)32-13-8-7-11-27(32)12-9-10-22-41(4,5)26-55-39(51)44-35/h7-8,11,13,16-19,29,31,33-35H,9-10,12,14-15,20-26H2,1-6H3,(H,44,51)(H,45,48)(H,46,50)/t33-,34-,35+,42-,43+/m0/s1. The van der Waals surface area contributed by atoms with Crippen LogP contribution in [0.3, 0.4) is 0 Å². The van der Waals surface area contributed by atoms with E-state index in [1.165, 1.54) is 10.5 Å². The topological polar surface area (TPSA) is 160 Å². The molecule has 4 fully saturated rings. The maximum absolute atomic E-state index is 14.9. The number of carbonyl (C=O) groups excluding carboxylic acids is 4. The molecule has 3 aliphatic heterocycles. The highest BCUT2D eigenvalue weighted by molar-refractivity contribution is 7.91. The van der Waals surface area contributed by atoms with Crippen molar-refractivity contribution >= 4 is 33.8 Å². The summed E-state index contributed by atoms with van der Waals surface area (Å²) in [5.41, 5.74) is 0.584. The van der Waals surface area contributed by atoms with E-state index < -0.39 is 67.7 Å². The number of alkyl carbamates (subject to hydrolysis) is 1. The van der Waals surface area contributed by atoms with Crippen molar-refractivity contribution in [3.63, 3.8) is 0 Å². The lowest BCUT2D eigenvalue weighted by Gasteiger charge is -2.36. The maximum atomic E-state index is 14.9. The average Bonchev–Trinajstić information content (AvgIpc) is 4.02. The van der Waals surface area contributed by atoms with E-state index in [0.717, 1.165) is 55.2 Å². The Labute approximate surface area is 331 Å². The first-order valence-corrected chi connectivity index (χ1v) is 21.8. The zero-order valence-corrected chi connectivity index (χ0v) is 34.4. The fraction of sp³-hybridized carbons (Fsp3) is 0.628. The first kappa shape index (κ1) is 40.2. The van der Waals surface area contributed by atoms with Crippen LogP contribution < -0.4 is 15.4 Å². The number of aryl methyl sites for hydroxylation is 1. The van der Waals surface area contributed by atoms with Crippen LogP contribution in [-0.2, 0) is 45.9 Å². The Morgan fingerprint density at radius 2 is 1.66 bits per heavy atom. The second-order valence-electron chi connectivity index (χ2n) is 18.8. The van der Waals surface area contributed by atoms with Crippen LogP contribution in [0.25, 0.3) is 11.1 Å². The molecule has 3 aliphatic carbocycles. The quantitative estimate of drug-likeness (QED) is 0.328. The predicted octanol–water partition coefficient (Wildman–Crippen LogP) is 5.58. The number of benzene rings is 2. The number of rotatable bonds is 7. The van der Waals surface area contributed by atoms with Gasteiger partial charge < -0.3 is 25.0 Å². The molecular weight excluding hydrogens is 733 g/mol. The SMILES string of the molecule is CO[C@@]12C[C@@H](C(=O)N[C@]3(C(=O)NS(=O)(=O)C4CC4)C[C@H]3C3CC3)N(C1)C(=O)[C@H](C(C)(C)C)NC(=O)OCC(C)(C)CCCCc1ccccc1-c1ccc2cc1. The van der Waals surface area contributed by atoms with Gasteiger partial charge in [-0.3, -0.25) is 19.1 Å². The molecule has 2 aromatic rings. The highest BCUT2D eigenvalue weighted by atomic mass is 32.2. The number of methoxy groups -OCH3 is 1. The van der Waals surface area contributed by atoms with E-state index >= 15 is 0 Å². The van der Waals surface area contributed by atoms with Crippen LogP contribution in [0.2, 0.25) is 0 Å². The summed E-state index contributed by atoms with van der Waals surface area (Å²) in [6, 6.07) is 14.2. The molecule has 2 aromatic carbocycles. The lowest BCUT2D eigenvalue weighted by Crippen LogP contribution is -2.60. The Kier molecular flexibility index (Phi) is 10.6. The first-order valence-electron chi connectivity index (χ1n) is 20.2. The number of nitrogens with zero attached hydrogens (tertiary/aromatic N) is 1. The summed E-state index contributed by atoms with van der Waals surface area (Å²) >= 11 is 0. The third kappa shape index (κ3) is 8.21. The van der Waals surface area contributed by atoms with Gasteiger partial charge in [-0.25, -0.2) is 13.2 Å². The van der Waals surface area contributed by atoms with Crippen LogP contribution in [0.5, 0.6) is 0 Å². The smallest absolute Gasteiger partial charge is 0.407 e. The number of amides is 4. The highest BCUT2D eigenvalue weighted by Gasteiger charge is 2.67. The summed E-state index contributed by atoms with van der Waals surface area (Å²) in [5.74, 6) is -1.77. The van der Waals surface area contributed by atoms with Gasteiger partial charge in [0.05, 0.1) is 18.4 Å². The molecule has 3 N–H and O–H groups in total. The van der Waals surface area contributed by atoms with Gasteiger partial charge in [-0.05, 0) is 96.3 Å². The normalized spacial score (nSPS) is 29.8. The molecule has 4 amide bonds. The van der Waals surface area contributed by atoms with E-state index in [4.69, 9.17) is 9.47 Å². The monoisotopic (exact) mass is 790 g/mol. The molecule has 13 heteroatoms. The molecule has 8 rings (SSSR count). The Bertz CT molecular complexity index is 1970. The number of hydrogen-bond acceptors (Lipinski definition) is 8. The number of ether oxygens (including phenoxy) is 2. The molecule has 304 valence electrons. The first-order chi connectivity index (χ1) is 26.4. The van der Waals surface area contributed by atoms with Crippen molar-refractivity contribution in [2.45, 2.75) is 127 Å². The minimum atomic E-state index is -3.86. The molecule has 0 unspecified atom stereocenters. The van der Waals surface area contributed by atoms with Gasteiger partial charge in [-0.1, -0.05) is 89.6 Å². The molecule has 6 aliphatic rings. The second-order valence-corrected chi connectivity index (χ2v) is 20.8. The van der Waals surface area contributed by atoms with Crippen molar-refractivity contribution < 1.29 is 37.1 Å². The highest BCUT2D eigenvalue weighted by Crippen LogP contribution is 2.57. The van der Waals surface area contributed by atoms with Crippen molar-refractivity contribution in [1.82, 2.24) is 20.3 Å². The molecule has 56 heavy (non-hydrogen) atoms. The van der Waals surface area contributed by atoms with Crippen molar-refractivity contribution in [3.8, 4) is 11.1 Å². The van der Waals surface area contributed by atoms with Crippen molar-refractivity contribution in [3.05, 3.63) is 59.7 Å². The van der Waals surface area contributed by atoms with Crippen LogP contribution in [0.15, 0.2) is 48.5 Å². The summed E-state index contributed by atoms with van der Waals surface area (Å²) in [6.07, 6.45) is 6.12. The number of nitrogens with one attached hydrogen (secondary N) is 3. The van der Waals surface area contributed by atoms with Crippen molar-refractivity contribution in [1.29, 1.82) is 0 Å². The van der Waals surface area contributed by atoms with Gasteiger partial charge in [-0.2, -0.15) is 0 Å². The van der Waals surface area contributed by atoms with Gasteiger partial charge >= 0.3 is 6.09 Å². The van der Waals surface area contributed by atoms with Gasteiger partial charge in [0.15, 0.2) is 0 Å². The second kappa shape index (κ2) is 14.8. The summed E-state index contributed by atoms with van der Waals surface area (Å²) in [6.45, 7) is 9.81. The minimum Gasteiger partial charge on any atom is -0.449 e. The van der Waals surface area contributed by atoms with Gasteiger partial charge in [0, 0.05) is 13.5 Å². The number of carbonyl (C=O) groups is 4. The third-order valence-corrected chi connectivity index (χ3v) is 14.5. The number of sulfonamides is 1. The average molecular weight is 791 g/mol. The van der Waals surface area contributed by atoms with Gasteiger partial charge in [0.25, 0.3) is 5.91 Å². The minimum absolute atomic E-state index is 0.00595. The molecular formula is C43H58N4O8S. The van der Waals surface area contributed by atoms with Crippen LogP contribution in [0, 0.1) is 22.7 Å². The van der Waals surface area contributed by atoms with Gasteiger partial charge in [-0.15, -0.1) is 0 Å². The van der Waals surface area contributed by atoms with Crippen LogP contribution in [-0.4, -0.2) is 80.3 Å². The zero-order chi connectivity index (χ0) is 40.3. The number of hydrogen-bond donors (Lipinski definition) is 3. The molecule has 0 radical (unpaired) electrons. The zero-order valence-electron chi connectivity index (χ0n) is 33.6. The summed E-state index contributed by atoms with van der Waals surface area (Å²) in [4.78, 5) is 58.3. The van der Waals surface area contributed by atoms with Crippen LogP contribution >= 0.6 is 0 Å². The molecule has 0 spiro atoms. The maximum Gasteiger partial charge on any atom is 0.407 e. The van der Waals surface area contributed by atoms with Crippen LogP contribution in [0.4, 0.5) is 4.79 Å². The molecule has 12 nitrogen and oxygen atoms in total. The van der Waals surface area contributed by atoms with Crippen molar-refractivity contribution in [2.75, 3.05) is 20.3 Å². The number of fused-ring (bicyclic) bond motifs is 12. The molecule has 1 saturated heterocycles. The Balaban J connectivity index is 1.25. The molecule has 3 heterocycles. The summed E-state index contributed by atoms with van der Waals surface area (Å²) < 4.78 is 40.2. The van der Waals surface area contributed by atoms with E-state index in [1.807, 2.05) is 39.0 Å². The van der Waals surface area contributed by atoms with Crippen molar-refractivity contribution in [2.24, 2.45) is 22.7 Å². The van der Waals surface area contributed by atoms with E-state index in [9.17, 15) is 27.6 Å². The molecule has 3 saturated carbocycles. The Hall–Kier alpha value is -3.97. The molecule has 4 bridgehead atoms. The van der Waals surface area contributed by atoms with E-state index in [2.05, 4.69) is 59.5 Å². The largest absolute Gasteiger partial charge is 0.449 e. The van der Waals surface area contributed by atoms with Gasteiger partial charge in [0.1, 0.15) is 23.2 Å². The molecule has 5 atom stereocenters.